The number of nitrogens with zero attached hydrogens (tertiary/aromatic N) is 2. The Labute approximate surface area is 167 Å². The third-order valence-corrected chi connectivity index (χ3v) is 5.19. The van der Waals surface area contributed by atoms with Gasteiger partial charge < -0.3 is 29.9 Å². The average molecular weight is 399 g/mol. The Hall–Kier alpha value is -2.03. The Bertz CT molecular complexity index is 514. The predicted octanol–water partition coefficient (Wildman–Crippen LogP) is 1.32. The molecule has 0 aromatic carbocycles. The minimum absolute atomic E-state index is 0.0334. The summed E-state index contributed by atoms with van der Waals surface area (Å²) in [4.78, 5) is 39.0. The molecule has 0 unspecified atom stereocenters. The number of ether oxygens (including phenoxy) is 2. The van der Waals surface area contributed by atoms with Crippen LogP contribution in [0, 0.1) is 0 Å². The zero-order valence-corrected chi connectivity index (χ0v) is 17.1. The summed E-state index contributed by atoms with van der Waals surface area (Å²) in [5.74, 6) is 0.0334. The Kier molecular flexibility index (Phi) is 9.33. The van der Waals surface area contributed by atoms with Crippen molar-refractivity contribution in [1.29, 1.82) is 0 Å². The van der Waals surface area contributed by atoms with Crippen molar-refractivity contribution in [2.24, 2.45) is 0 Å². The Morgan fingerprint density at radius 3 is 1.75 bits per heavy atom. The molecule has 3 amide bonds. The molecule has 0 saturated carbocycles. The lowest BCUT2D eigenvalue weighted by molar-refractivity contribution is -0.122. The molecule has 2 fully saturated rings. The molecule has 28 heavy (non-hydrogen) atoms. The summed E-state index contributed by atoms with van der Waals surface area (Å²) in [6, 6.07) is 0.442. The number of nitrogens with one attached hydrogen (secondary N) is 2. The van der Waals surface area contributed by atoms with Crippen molar-refractivity contribution in [3.05, 3.63) is 0 Å². The van der Waals surface area contributed by atoms with Crippen molar-refractivity contribution >= 4 is 18.1 Å². The van der Waals surface area contributed by atoms with Crippen LogP contribution in [0.3, 0.4) is 0 Å². The van der Waals surface area contributed by atoms with E-state index in [1.165, 1.54) is 0 Å². The second-order valence-electron chi connectivity index (χ2n) is 7.19. The quantitative estimate of drug-likeness (QED) is 0.671. The molecule has 9 heteroatoms. The fourth-order valence-electron chi connectivity index (χ4n) is 3.59. The van der Waals surface area contributed by atoms with Gasteiger partial charge in [0, 0.05) is 51.2 Å². The van der Waals surface area contributed by atoms with Crippen molar-refractivity contribution in [2.75, 3.05) is 45.9 Å². The Balaban J connectivity index is 1.55. The summed E-state index contributed by atoms with van der Waals surface area (Å²) >= 11 is 0. The van der Waals surface area contributed by atoms with Crippen LogP contribution in [0.15, 0.2) is 0 Å². The molecule has 2 N–H and O–H groups in total. The average Bonchev–Trinajstić information content (AvgIpc) is 2.69. The lowest BCUT2D eigenvalue weighted by Crippen LogP contribution is -2.48. The molecule has 0 bridgehead atoms. The molecule has 2 aliphatic rings. The molecule has 9 nitrogen and oxygen atoms in total. The molecule has 0 aromatic heterocycles. The van der Waals surface area contributed by atoms with E-state index in [1.54, 1.807) is 23.6 Å². The maximum absolute atomic E-state index is 12.2. The molecule has 2 aliphatic heterocycles. The summed E-state index contributed by atoms with van der Waals surface area (Å²) in [5, 5.41) is 6.47. The third kappa shape index (κ3) is 7.18. The summed E-state index contributed by atoms with van der Waals surface area (Å²) in [7, 11) is 0. The van der Waals surface area contributed by atoms with Crippen molar-refractivity contribution in [1.82, 2.24) is 20.4 Å². The number of hydrogen-bond acceptors (Lipinski definition) is 6. The van der Waals surface area contributed by atoms with Gasteiger partial charge in [0.2, 0.25) is 5.91 Å². The van der Waals surface area contributed by atoms with E-state index < -0.39 is 0 Å². The van der Waals surface area contributed by atoms with Crippen molar-refractivity contribution in [2.45, 2.75) is 58.0 Å². The number of amides is 3. The fraction of sp³-hybridized carbons (Fsp3) is 0.842. The third-order valence-electron chi connectivity index (χ3n) is 5.19. The van der Waals surface area contributed by atoms with Crippen LogP contribution >= 0.6 is 0 Å². The van der Waals surface area contributed by atoms with Gasteiger partial charge in [0.1, 0.15) is 0 Å². The summed E-state index contributed by atoms with van der Waals surface area (Å²) in [6.07, 6.45) is 3.16. The van der Waals surface area contributed by atoms with Gasteiger partial charge in [-0.25, -0.2) is 9.59 Å². The van der Waals surface area contributed by atoms with Crippen LogP contribution in [0.5, 0.6) is 0 Å². The maximum Gasteiger partial charge on any atom is 0.409 e. The van der Waals surface area contributed by atoms with E-state index in [1.807, 2.05) is 0 Å². The molecule has 2 saturated heterocycles. The van der Waals surface area contributed by atoms with Crippen LogP contribution < -0.4 is 10.6 Å². The first-order chi connectivity index (χ1) is 13.5. The van der Waals surface area contributed by atoms with Crippen molar-refractivity contribution in [3.63, 3.8) is 0 Å². The van der Waals surface area contributed by atoms with E-state index in [2.05, 4.69) is 10.6 Å². The lowest BCUT2D eigenvalue weighted by Gasteiger charge is -2.32. The molecule has 0 radical (unpaired) electrons. The van der Waals surface area contributed by atoms with Crippen LogP contribution in [-0.4, -0.2) is 85.9 Å². The van der Waals surface area contributed by atoms with E-state index in [0.29, 0.717) is 58.4 Å². The van der Waals surface area contributed by atoms with E-state index in [-0.39, 0.29) is 24.1 Å². The number of carbonyl (C=O) groups excluding carboxylic acids is 3. The highest BCUT2D eigenvalue weighted by Crippen LogP contribution is 2.13. The van der Waals surface area contributed by atoms with Crippen LogP contribution in [-0.2, 0) is 14.3 Å². The van der Waals surface area contributed by atoms with E-state index in [0.717, 1.165) is 25.7 Å². The molecular weight excluding hydrogens is 364 g/mol. The Morgan fingerprint density at radius 2 is 1.29 bits per heavy atom. The molecule has 0 spiro atoms. The summed E-state index contributed by atoms with van der Waals surface area (Å²) < 4.78 is 10.0. The number of likely N-dealkylation sites (tertiary alicyclic amines) is 2. The monoisotopic (exact) mass is 398 g/mol. The van der Waals surface area contributed by atoms with Gasteiger partial charge in [0.15, 0.2) is 0 Å². The predicted molar refractivity (Wildman–Crippen MR) is 104 cm³/mol. The van der Waals surface area contributed by atoms with Crippen LogP contribution in [0.2, 0.25) is 0 Å². The van der Waals surface area contributed by atoms with Gasteiger partial charge in [-0.15, -0.1) is 0 Å². The highest BCUT2D eigenvalue weighted by molar-refractivity contribution is 5.76. The molecular formula is C19H34N4O5. The van der Waals surface area contributed by atoms with Gasteiger partial charge in [0.05, 0.1) is 13.2 Å². The highest BCUT2D eigenvalue weighted by atomic mass is 16.6. The van der Waals surface area contributed by atoms with Gasteiger partial charge in [-0.3, -0.25) is 4.79 Å². The molecule has 0 atom stereocenters. The van der Waals surface area contributed by atoms with Gasteiger partial charge in [0.25, 0.3) is 0 Å². The number of rotatable bonds is 7. The zero-order valence-electron chi connectivity index (χ0n) is 17.1. The zero-order chi connectivity index (χ0) is 20.4. The number of piperidine rings is 2. The van der Waals surface area contributed by atoms with E-state index in [4.69, 9.17) is 9.47 Å². The first-order valence-electron chi connectivity index (χ1n) is 10.4. The molecule has 2 rings (SSSR count). The first-order valence-corrected chi connectivity index (χ1v) is 10.4. The van der Waals surface area contributed by atoms with Crippen LogP contribution in [0.1, 0.15) is 46.0 Å². The van der Waals surface area contributed by atoms with Crippen molar-refractivity contribution in [3.8, 4) is 0 Å². The number of hydrogen-bond donors (Lipinski definition) is 2. The topological polar surface area (TPSA) is 100 Å². The van der Waals surface area contributed by atoms with Gasteiger partial charge in [-0.05, 0) is 39.5 Å². The fourth-order valence-corrected chi connectivity index (χ4v) is 3.59. The standard InChI is InChI=1S/C19H34N4O5/c1-3-27-18(25)22-11-6-15(7-12-22)20-10-5-17(24)21-16-8-13-23(14-9-16)19(26)28-4-2/h15-16,20H,3-14H2,1-2H3,(H,21,24). The lowest BCUT2D eigenvalue weighted by atomic mass is 10.0. The molecule has 2 heterocycles. The summed E-state index contributed by atoms with van der Waals surface area (Å²) in [6.45, 7) is 7.59. The normalized spacial score (nSPS) is 18.6. The maximum atomic E-state index is 12.2. The Morgan fingerprint density at radius 1 is 0.821 bits per heavy atom. The first kappa shape index (κ1) is 22.3. The van der Waals surface area contributed by atoms with Crippen molar-refractivity contribution < 1.29 is 23.9 Å². The second-order valence-corrected chi connectivity index (χ2v) is 7.19. The largest absolute Gasteiger partial charge is 0.450 e. The van der Waals surface area contributed by atoms with Gasteiger partial charge >= 0.3 is 12.2 Å². The van der Waals surface area contributed by atoms with Crippen LogP contribution in [0.25, 0.3) is 0 Å². The van der Waals surface area contributed by atoms with Gasteiger partial charge in [-0.2, -0.15) is 0 Å². The smallest absolute Gasteiger partial charge is 0.409 e. The molecule has 0 aromatic rings. The minimum atomic E-state index is -0.273. The molecule has 160 valence electrons. The minimum Gasteiger partial charge on any atom is -0.450 e. The SMILES string of the molecule is CCOC(=O)N1CCC(NCCC(=O)NC2CCN(C(=O)OCC)CC2)CC1. The second kappa shape index (κ2) is 11.7. The molecule has 0 aliphatic carbocycles. The number of carbonyl (C=O) groups is 3. The van der Waals surface area contributed by atoms with E-state index in [9.17, 15) is 14.4 Å². The van der Waals surface area contributed by atoms with Gasteiger partial charge in [-0.1, -0.05) is 0 Å². The highest BCUT2D eigenvalue weighted by Gasteiger charge is 2.25. The summed E-state index contributed by atoms with van der Waals surface area (Å²) in [5.41, 5.74) is 0. The van der Waals surface area contributed by atoms with Crippen LogP contribution in [0.4, 0.5) is 9.59 Å². The van der Waals surface area contributed by atoms with E-state index >= 15 is 0 Å².